The molecule has 2 heterocycles. The molecule has 0 unspecified atom stereocenters. The normalized spacial score (nSPS) is 10.4. The van der Waals surface area contributed by atoms with E-state index >= 15 is 0 Å². The summed E-state index contributed by atoms with van der Waals surface area (Å²) in [7, 11) is 1.53. The number of pyridine rings is 1. The van der Waals surface area contributed by atoms with E-state index in [-0.39, 0.29) is 18.1 Å². The van der Waals surface area contributed by atoms with E-state index in [4.69, 9.17) is 4.74 Å². The summed E-state index contributed by atoms with van der Waals surface area (Å²) in [4.78, 5) is 20.5. The van der Waals surface area contributed by atoms with Crippen LogP contribution in [0, 0.1) is 5.82 Å². The lowest BCUT2D eigenvalue weighted by atomic mass is 10.2. The minimum Gasteiger partial charge on any atom is -0.481 e. The third-order valence-electron chi connectivity index (χ3n) is 3.19. The number of rotatable bonds is 5. The van der Waals surface area contributed by atoms with Gasteiger partial charge in [0.15, 0.2) is 0 Å². The molecule has 122 valence electrons. The van der Waals surface area contributed by atoms with Gasteiger partial charge in [0.25, 0.3) is 0 Å². The molecule has 0 aliphatic rings. The number of aromatic nitrogens is 2. The van der Waals surface area contributed by atoms with Gasteiger partial charge in [0.2, 0.25) is 11.8 Å². The van der Waals surface area contributed by atoms with Gasteiger partial charge in [-0.05, 0) is 18.2 Å². The van der Waals surface area contributed by atoms with E-state index in [0.717, 1.165) is 0 Å². The second-order valence-corrected chi connectivity index (χ2v) is 5.83. The maximum Gasteiger partial charge on any atom is 0.230 e. The molecule has 0 aliphatic carbocycles. The molecule has 1 aromatic carbocycles. The van der Waals surface area contributed by atoms with Crippen LogP contribution in [0.2, 0.25) is 0 Å². The number of carbonyl (C=O) groups is 1. The maximum atomic E-state index is 13.3. The topological polar surface area (TPSA) is 64.1 Å². The number of halogens is 1. The lowest BCUT2D eigenvalue weighted by Gasteiger charge is -2.04. The Hall–Kier alpha value is -2.80. The number of hydrogen-bond donors (Lipinski definition) is 1. The average molecular weight is 343 g/mol. The van der Waals surface area contributed by atoms with Gasteiger partial charge in [-0.3, -0.25) is 4.79 Å². The molecule has 3 aromatic rings. The Bertz CT molecular complexity index is 849. The van der Waals surface area contributed by atoms with Crippen molar-refractivity contribution in [3.05, 3.63) is 59.5 Å². The fraction of sp³-hybridized carbons (Fsp3) is 0.118. The van der Waals surface area contributed by atoms with Gasteiger partial charge in [-0.2, -0.15) is 0 Å². The molecule has 0 bridgehead atoms. The van der Waals surface area contributed by atoms with Crippen molar-refractivity contribution in [2.45, 2.75) is 6.42 Å². The van der Waals surface area contributed by atoms with E-state index in [9.17, 15) is 9.18 Å². The van der Waals surface area contributed by atoms with Crippen LogP contribution in [0.5, 0.6) is 5.88 Å². The molecule has 24 heavy (non-hydrogen) atoms. The zero-order chi connectivity index (χ0) is 16.9. The number of thiazole rings is 1. The summed E-state index contributed by atoms with van der Waals surface area (Å²) < 4.78 is 18.2. The summed E-state index contributed by atoms with van der Waals surface area (Å²) in [6.45, 7) is 0. The predicted molar refractivity (Wildman–Crippen MR) is 90.6 cm³/mol. The summed E-state index contributed by atoms with van der Waals surface area (Å²) >= 11 is 1.38. The van der Waals surface area contributed by atoms with E-state index in [2.05, 4.69) is 15.3 Å². The van der Waals surface area contributed by atoms with Crippen LogP contribution in [0.15, 0.2) is 48.0 Å². The Morgan fingerprint density at radius 2 is 2.21 bits per heavy atom. The zero-order valence-corrected chi connectivity index (χ0v) is 13.6. The summed E-state index contributed by atoms with van der Waals surface area (Å²) in [6.07, 6.45) is 1.66. The molecular formula is C17H14FN3O2S. The van der Waals surface area contributed by atoms with Crippen LogP contribution >= 0.6 is 11.3 Å². The van der Waals surface area contributed by atoms with Crippen molar-refractivity contribution in [3.63, 3.8) is 0 Å². The summed E-state index contributed by atoms with van der Waals surface area (Å²) in [6, 6.07) is 9.60. The Morgan fingerprint density at radius 3 is 2.92 bits per heavy atom. The Balaban J connectivity index is 1.64. The molecule has 1 amide bonds. The van der Waals surface area contributed by atoms with Gasteiger partial charge in [-0.15, -0.1) is 11.3 Å². The number of amides is 1. The third-order valence-corrected chi connectivity index (χ3v) is 4.13. The Morgan fingerprint density at radius 1 is 1.33 bits per heavy atom. The van der Waals surface area contributed by atoms with E-state index in [1.54, 1.807) is 29.6 Å². The SMILES string of the molecule is COc1ccc(NC(=O)Cc2csc(-c3cccc(F)c3)n2)cn1. The van der Waals surface area contributed by atoms with Crippen molar-refractivity contribution in [1.82, 2.24) is 9.97 Å². The summed E-state index contributed by atoms with van der Waals surface area (Å²) in [5, 5.41) is 5.23. The fourth-order valence-corrected chi connectivity index (χ4v) is 2.90. The van der Waals surface area contributed by atoms with E-state index < -0.39 is 0 Å². The highest BCUT2D eigenvalue weighted by Crippen LogP contribution is 2.24. The van der Waals surface area contributed by atoms with Crippen molar-refractivity contribution in [2.75, 3.05) is 12.4 Å². The van der Waals surface area contributed by atoms with E-state index in [1.807, 2.05) is 0 Å². The van der Waals surface area contributed by atoms with Crippen molar-refractivity contribution in [3.8, 4) is 16.5 Å². The van der Waals surface area contributed by atoms with Crippen molar-refractivity contribution in [2.24, 2.45) is 0 Å². The number of ether oxygens (including phenoxy) is 1. The highest BCUT2D eigenvalue weighted by Gasteiger charge is 2.10. The number of carbonyl (C=O) groups excluding carboxylic acids is 1. The van der Waals surface area contributed by atoms with Crippen molar-refractivity contribution < 1.29 is 13.9 Å². The highest BCUT2D eigenvalue weighted by molar-refractivity contribution is 7.13. The number of hydrogen-bond acceptors (Lipinski definition) is 5. The first kappa shape index (κ1) is 16.1. The molecule has 7 heteroatoms. The minimum absolute atomic E-state index is 0.137. The van der Waals surface area contributed by atoms with Crippen LogP contribution in [0.1, 0.15) is 5.69 Å². The standard InChI is InChI=1S/C17H14FN3O2S/c1-23-16-6-5-13(9-19-16)20-15(22)8-14-10-24-17(21-14)11-3-2-4-12(18)7-11/h2-7,9-10H,8H2,1H3,(H,20,22). The first-order valence-corrected chi connectivity index (χ1v) is 8.02. The van der Waals surface area contributed by atoms with Crippen LogP contribution in [0.25, 0.3) is 10.6 Å². The zero-order valence-electron chi connectivity index (χ0n) is 12.8. The molecule has 0 fully saturated rings. The molecular weight excluding hydrogens is 329 g/mol. The molecule has 0 radical (unpaired) electrons. The smallest absolute Gasteiger partial charge is 0.230 e. The number of nitrogens with one attached hydrogen (secondary N) is 1. The van der Waals surface area contributed by atoms with Crippen LogP contribution in [0.3, 0.4) is 0 Å². The monoisotopic (exact) mass is 343 g/mol. The van der Waals surface area contributed by atoms with Crippen LogP contribution in [-0.4, -0.2) is 23.0 Å². The first-order valence-electron chi connectivity index (χ1n) is 7.14. The molecule has 1 N–H and O–H groups in total. The molecule has 5 nitrogen and oxygen atoms in total. The molecule has 0 atom stereocenters. The van der Waals surface area contributed by atoms with E-state index in [0.29, 0.717) is 27.8 Å². The van der Waals surface area contributed by atoms with Crippen LogP contribution in [-0.2, 0) is 11.2 Å². The number of benzene rings is 1. The van der Waals surface area contributed by atoms with Gasteiger partial charge < -0.3 is 10.1 Å². The van der Waals surface area contributed by atoms with Gasteiger partial charge in [-0.1, -0.05) is 12.1 Å². The van der Waals surface area contributed by atoms with Crippen molar-refractivity contribution in [1.29, 1.82) is 0 Å². The molecule has 0 spiro atoms. The molecule has 0 saturated heterocycles. The number of anilines is 1. The highest BCUT2D eigenvalue weighted by atomic mass is 32.1. The predicted octanol–water partition coefficient (Wildman–Crippen LogP) is 3.53. The lowest BCUT2D eigenvalue weighted by molar-refractivity contribution is -0.115. The summed E-state index contributed by atoms with van der Waals surface area (Å²) in [5.74, 6) is -0.0284. The van der Waals surface area contributed by atoms with Crippen LogP contribution in [0.4, 0.5) is 10.1 Å². The Labute approximate surface area is 142 Å². The largest absolute Gasteiger partial charge is 0.481 e. The molecule has 0 saturated carbocycles. The maximum absolute atomic E-state index is 13.3. The quantitative estimate of drug-likeness (QED) is 0.770. The fourth-order valence-electron chi connectivity index (χ4n) is 2.09. The van der Waals surface area contributed by atoms with Crippen LogP contribution < -0.4 is 10.1 Å². The Kier molecular flexibility index (Phi) is 4.81. The minimum atomic E-state index is -0.311. The first-order chi connectivity index (χ1) is 11.6. The molecule has 0 aliphatic heterocycles. The van der Waals surface area contributed by atoms with Crippen molar-refractivity contribution >= 4 is 22.9 Å². The number of nitrogens with zero attached hydrogens (tertiary/aromatic N) is 2. The van der Waals surface area contributed by atoms with Gasteiger partial charge >= 0.3 is 0 Å². The van der Waals surface area contributed by atoms with Gasteiger partial charge in [-0.25, -0.2) is 14.4 Å². The van der Waals surface area contributed by atoms with Gasteiger partial charge in [0.05, 0.1) is 31.1 Å². The third kappa shape index (κ3) is 3.94. The molecule has 2 aromatic heterocycles. The molecule has 3 rings (SSSR count). The van der Waals surface area contributed by atoms with E-state index in [1.165, 1.54) is 36.8 Å². The second-order valence-electron chi connectivity index (χ2n) is 4.97. The second kappa shape index (κ2) is 7.18. The average Bonchev–Trinajstić information content (AvgIpc) is 3.04. The van der Waals surface area contributed by atoms with Gasteiger partial charge in [0.1, 0.15) is 10.8 Å². The van der Waals surface area contributed by atoms with Gasteiger partial charge in [0, 0.05) is 17.0 Å². The number of methoxy groups -OCH3 is 1. The summed E-state index contributed by atoms with van der Waals surface area (Å²) in [5.41, 5.74) is 1.92. The lowest BCUT2D eigenvalue weighted by Crippen LogP contribution is -2.14.